The molecule has 26 heavy (non-hydrogen) atoms. The van der Waals surface area contributed by atoms with E-state index in [4.69, 9.17) is 8.94 Å². The summed E-state index contributed by atoms with van der Waals surface area (Å²) in [4.78, 5) is 7.03. The summed E-state index contributed by atoms with van der Waals surface area (Å²) in [5.41, 5.74) is 2.47. The van der Waals surface area contributed by atoms with Gasteiger partial charge in [-0.25, -0.2) is 0 Å². The fraction of sp³-hybridized carbons (Fsp3) is 0.429. The molecule has 1 fully saturated rings. The quantitative estimate of drug-likeness (QED) is 0.676. The van der Waals surface area contributed by atoms with Crippen LogP contribution in [0.3, 0.4) is 0 Å². The highest BCUT2D eigenvalue weighted by Gasteiger charge is 2.30. The number of aromatic nitrogens is 2. The Morgan fingerprint density at radius 2 is 2.08 bits per heavy atom. The van der Waals surface area contributed by atoms with E-state index in [1.807, 2.05) is 18.2 Å². The third-order valence-corrected chi connectivity index (χ3v) is 5.30. The van der Waals surface area contributed by atoms with Crippen LogP contribution in [0.1, 0.15) is 54.4 Å². The molecule has 1 aliphatic heterocycles. The first-order valence-electron chi connectivity index (χ1n) is 9.32. The van der Waals surface area contributed by atoms with Crippen molar-refractivity contribution in [1.29, 1.82) is 0 Å². The lowest BCUT2D eigenvalue weighted by molar-refractivity contribution is 0.0910. The van der Waals surface area contributed by atoms with Gasteiger partial charge in [-0.15, -0.1) is 0 Å². The number of furan rings is 1. The Labute approximate surface area is 154 Å². The SMILES string of the molecule is Cc1ccccc1Cc1nc(CN2CCC(C)CC2c2ccco2)no1. The van der Waals surface area contributed by atoms with Crippen molar-refractivity contribution in [2.45, 2.75) is 45.7 Å². The van der Waals surface area contributed by atoms with Gasteiger partial charge in [-0.3, -0.25) is 4.90 Å². The molecule has 3 heterocycles. The largest absolute Gasteiger partial charge is 0.468 e. The normalized spacial score (nSPS) is 21.2. The summed E-state index contributed by atoms with van der Waals surface area (Å²) in [7, 11) is 0. The van der Waals surface area contributed by atoms with Crippen molar-refractivity contribution in [3.05, 3.63) is 71.3 Å². The summed E-state index contributed by atoms with van der Waals surface area (Å²) >= 11 is 0. The number of hydrogen-bond donors (Lipinski definition) is 0. The summed E-state index contributed by atoms with van der Waals surface area (Å²) in [6.07, 6.45) is 4.71. The van der Waals surface area contributed by atoms with Gasteiger partial charge in [-0.1, -0.05) is 36.3 Å². The van der Waals surface area contributed by atoms with Crippen molar-refractivity contribution in [2.75, 3.05) is 6.54 Å². The summed E-state index contributed by atoms with van der Waals surface area (Å²) in [6.45, 7) is 6.13. The molecule has 0 spiro atoms. The van der Waals surface area contributed by atoms with Crippen molar-refractivity contribution in [2.24, 2.45) is 5.92 Å². The maximum atomic E-state index is 5.68. The minimum atomic E-state index is 0.284. The Morgan fingerprint density at radius 3 is 2.88 bits per heavy atom. The fourth-order valence-electron chi connectivity index (χ4n) is 3.74. The van der Waals surface area contributed by atoms with E-state index in [1.165, 1.54) is 17.5 Å². The lowest BCUT2D eigenvalue weighted by atomic mass is 9.91. The number of benzene rings is 1. The van der Waals surface area contributed by atoms with Crippen LogP contribution in [0.2, 0.25) is 0 Å². The molecule has 1 saturated heterocycles. The Kier molecular flexibility index (Phi) is 4.89. The molecule has 0 N–H and O–H groups in total. The zero-order chi connectivity index (χ0) is 17.9. The molecule has 0 radical (unpaired) electrons. The number of hydrogen-bond acceptors (Lipinski definition) is 5. The molecule has 2 atom stereocenters. The Balaban J connectivity index is 1.47. The zero-order valence-electron chi connectivity index (χ0n) is 15.4. The Bertz CT molecular complexity index is 841. The predicted octanol–water partition coefficient (Wildman–Crippen LogP) is 4.54. The van der Waals surface area contributed by atoms with Crippen LogP contribution in [-0.4, -0.2) is 21.6 Å². The highest BCUT2D eigenvalue weighted by molar-refractivity contribution is 5.27. The van der Waals surface area contributed by atoms with Crippen LogP contribution in [0.15, 0.2) is 51.6 Å². The van der Waals surface area contributed by atoms with Crippen molar-refractivity contribution < 1.29 is 8.94 Å². The van der Waals surface area contributed by atoms with Crippen molar-refractivity contribution in [1.82, 2.24) is 15.0 Å². The van der Waals surface area contributed by atoms with Crippen LogP contribution in [0.25, 0.3) is 0 Å². The van der Waals surface area contributed by atoms with Crippen LogP contribution < -0.4 is 0 Å². The molecule has 5 nitrogen and oxygen atoms in total. The molecule has 1 aromatic carbocycles. The lowest BCUT2D eigenvalue weighted by Crippen LogP contribution is -2.35. The smallest absolute Gasteiger partial charge is 0.231 e. The van der Waals surface area contributed by atoms with Gasteiger partial charge in [0.15, 0.2) is 5.82 Å². The Hall–Kier alpha value is -2.40. The summed E-state index contributed by atoms with van der Waals surface area (Å²) in [6, 6.07) is 12.6. The van der Waals surface area contributed by atoms with Crippen LogP contribution in [-0.2, 0) is 13.0 Å². The van der Waals surface area contributed by atoms with E-state index in [0.29, 0.717) is 24.8 Å². The van der Waals surface area contributed by atoms with Crippen LogP contribution in [0, 0.1) is 12.8 Å². The molecule has 3 aromatic rings. The number of aryl methyl sites for hydroxylation is 1. The van der Waals surface area contributed by atoms with Gasteiger partial charge in [-0.2, -0.15) is 4.98 Å². The molecule has 4 rings (SSSR count). The van der Waals surface area contributed by atoms with Gasteiger partial charge in [0.2, 0.25) is 5.89 Å². The first-order chi connectivity index (χ1) is 12.7. The second-order valence-corrected chi connectivity index (χ2v) is 7.34. The topological polar surface area (TPSA) is 55.3 Å². The van der Waals surface area contributed by atoms with Gasteiger partial charge >= 0.3 is 0 Å². The van der Waals surface area contributed by atoms with Gasteiger partial charge < -0.3 is 8.94 Å². The maximum absolute atomic E-state index is 5.68. The van der Waals surface area contributed by atoms with E-state index in [1.54, 1.807) is 6.26 Å². The third kappa shape index (κ3) is 3.73. The van der Waals surface area contributed by atoms with Gasteiger partial charge in [0, 0.05) is 0 Å². The lowest BCUT2D eigenvalue weighted by Gasteiger charge is -2.36. The van der Waals surface area contributed by atoms with E-state index in [9.17, 15) is 0 Å². The third-order valence-electron chi connectivity index (χ3n) is 5.30. The molecule has 0 bridgehead atoms. The Morgan fingerprint density at radius 1 is 1.19 bits per heavy atom. The van der Waals surface area contributed by atoms with Gasteiger partial charge in [0.1, 0.15) is 5.76 Å². The van der Waals surface area contributed by atoms with Gasteiger partial charge in [0.05, 0.1) is 25.3 Å². The molecular weight excluding hydrogens is 326 g/mol. The number of piperidine rings is 1. The molecule has 2 aromatic heterocycles. The second-order valence-electron chi connectivity index (χ2n) is 7.34. The molecule has 0 amide bonds. The summed E-state index contributed by atoms with van der Waals surface area (Å²) in [5, 5.41) is 4.21. The van der Waals surface area contributed by atoms with Crippen LogP contribution in [0.4, 0.5) is 0 Å². The molecule has 0 saturated carbocycles. The predicted molar refractivity (Wildman–Crippen MR) is 98.5 cm³/mol. The molecule has 1 aliphatic rings. The van der Waals surface area contributed by atoms with E-state index in [2.05, 4.69) is 47.1 Å². The monoisotopic (exact) mass is 351 g/mol. The molecule has 2 unspecified atom stereocenters. The molecule has 136 valence electrons. The van der Waals surface area contributed by atoms with Crippen molar-refractivity contribution >= 4 is 0 Å². The standard InChI is InChI=1S/C21H25N3O2/c1-15-9-10-24(18(12-15)19-8-5-11-25-19)14-20-22-21(26-23-20)13-17-7-4-3-6-16(17)2/h3-8,11,15,18H,9-10,12-14H2,1-2H3. The first-order valence-corrected chi connectivity index (χ1v) is 9.32. The van der Waals surface area contributed by atoms with Crippen molar-refractivity contribution in [3.63, 3.8) is 0 Å². The number of rotatable bonds is 5. The van der Waals surface area contributed by atoms with Crippen LogP contribution in [0.5, 0.6) is 0 Å². The number of nitrogens with zero attached hydrogens (tertiary/aromatic N) is 3. The molecular formula is C21H25N3O2. The van der Waals surface area contributed by atoms with E-state index in [0.717, 1.165) is 24.6 Å². The number of likely N-dealkylation sites (tertiary alicyclic amines) is 1. The average Bonchev–Trinajstić information content (AvgIpc) is 3.31. The minimum absolute atomic E-state index is 0.284. The molecule has 5 heteroatoms. The zero-order valence-corrected chi connectivity index (χ0v) is 15.4. The van der Waals surface area contributed by atoms with E-state index >= 15 is 0 Å². The van der Waals surface area contributed by atoms with Crippen molar-refractivity contribution in [3.8, 4) is 0 Å². The fourth-order valence-corrected chi connectivity index (χ4v) is 3.74. The molecule has 0 aliphatic carbocycles. The highest BCUT2D eigenvalue weighted by atomic mass is 16.5. The highest BCUT2D eigenvalue weighted by Crippen LogP contribution is 2.35. The average molecular weight is 351 g/mol. The summed E-state index contributed by atoms with van der Waals surface area (Å²) < 4.78 is 11.2. The van der Waals surface area contributed by atoms with Crippen LogP contribution >= 0.6 is 0 Å². The maximum Gasteiger partial charge on any atom is 0.231 e. The minimum Gasteiger partial charge on any atom is -0.468 e. The first kappa shape index (κ1) is 17.0. The summed E-state index contributed by atoms with van der Waals surface area (Å²) in [5.74, 6) is 3.15. The van der Waals surface area contributed by atoms with Gasteiger partial charge in [-0.05, 0) is 55.5 Å². The van der Waals surface area contributed by atoms with E-state index < -0.39 is 0 Å². The van der Waals surface area contributed by atoms with Gasteiger partial charge in [0.25, 0.3) is 0 Å². The second kappa shape index (κ2) is 7.46. The van der Waals surface area contributed by atoms with E-state index in [-0.39, 0.29) is 6.04 Å².